The van der Waals surface area contributed by atoms with Gasteiger partial charge in [-0.25, -0.2) is 4.39 Å². The Kier molecular flexibility index (Phi) is 6.57. The van der Waals surface area contributed by atoms with Crippen molar-refractivity contribution in [3.63, 3.8) is 0 Å². The number of ether oxygens (including phenoxy) is 1. The maximum atomic E-state index is 12.9. The van der Waals surface area contributed by atoms with Gasteiger partial charge in [0.15, 0.2) is 0 Å². The first-order valence-electron chi connectivity index (χ1n) is 6.35. The Morgan fingerprint density at radius 2 is 1.95 bits per heavy atom. The maximum absolute atomic E-state index is 12.9. The lowest BCUT2D eigenvalue weighted by atomic mass is 9.99. The largest absolute Gasteiger partial charge is 0.469 e. The van der Waals surface area contributed by atoms with Gasteiger partial charge in [0.05, 0.1) is 25.7 Å². The number of aliphatic hydroxyl groups is 2. The fraction of sp³-hybridized carbons (Fsp3) is 0.500. The normalized spacial score (nSPS) is 15.4. The Labute approximate surface area is 117 Å². The minimum absolute atomic E-state index is 0.0538. The van der Waals surface area contributed by atoms with Crippen LogP contribution < -0.4 is 5.32 Å². The minimum Gasteiger partial charge on any atom is -0.469 e. The van der Waals surface area contributed by atoms with Gasteiger partial charge in [-0.1, -0.05) is 12.1 Å². The summed E-state index contributed by atoms with van der Waals surface area (Å²) in [6.45, 7) is 1.81. The third kappa shape index (κ3) is 5.24. The number of aliphatic hydroxyl groups excluding tert-OH is 2. The van der Waals surface area contributed by atoms with Crippen LogP contribution in [0.3, 0.4) is 0 Å². The predicted octanol–water partition coefficient (Wildman–Crippen LogP) is 0.761. The number of hydrogen-bond acceptors (Lipinski definition) is 5. The molecule has 3 N–H and O–H groups in total. The standard InChI is InChI=1S/C14H20FNO4/c1-9(17)8-16-12(7-13(18)20-2)14(19)10-3-5-11(15)6-4-10/h3-6,9,12,14,16-17,19H,7-8H2,1-2H3. The topological polar surface area (TPSA) is 78.8 Å². The Morgan fingerprint density at radius 3 is 2.45 bits per heavy atom. The number of esters is 1. The molecule has 0 bridgehead atoms. The molecule has 0 spiro atoms. The van der Waals surface area contributed by atoms with Crippen LogP contribution in [0.1, 0.15) is 25.0 Å². The van der Waals surface area contributed by atoms with Gasteiger partial charge in [-0.05, 0) is 24.6 Å². The molecular formula is C14H20FNO4. The molecule has 1 aromatic rings. The summed E-state index contributed by atoms with van der Waals surface area (Å²) in [7, 11) is 1.26. The smallest absolute Gasteiger partial charge is 0.307 e. The van der Waals surface area contributed by atoms with E-state index < -0.39 is 30.0 Å². The van der Waals surface area contributed by atoms with Crippen molar-refractivity contribution in [1.29, 1.82) is 0 Å². The van der Waals surface area contributed by atoms with E-state index in [9.17, 15) is 19.4 Å². The molecule has 6 heteroatoms. The summed E-state index contributed by atoms with van der Waals surface area (Å²) in [4.78, 5) is 11.4. The molecule has 0 aromatic heterocycles. The second kappa shape index (κ2) is 7.94. The molecule has 0 saturated heterocycles. The average Bonchev–Trinajstić information content (AvgIpc) is 2.43. The molecule has 3 atom stereocenters. The highest BCUT2D eigenvalue weighted by Gasteiger charge is 2.24. The van der Waals surface area contributed by atoms with E-state index in [1.54, 1.807) is 6.92 Å². The second-order valence-electron chi connectivity index (χ2n) is 4.64. The van der Waals surface area contributed by atoms with Gasteiger partial charge in [0.25, 0.3) is 0 Å². The number of hydrogen-bond donors (Lipinski definition) is 3. The van der Waals surface area contributed by atoms with Gasteiger partial charge in [0.1, 0.15) is 5.82 Å². The molecule has 0 aliphatic carbocycles. The van der Waals surface area contributed by atoms with Gasteiger partial charge in [0, 0.05) is 12.6 Å². The molecule has 0 radical (unpaired) electrons. The first-order chi connectivity index (χ1) is 9.43. The van der Waals surface area contributed by atoms with Crippen molar-refractivity contribution in [1.82, 2.24) is 5.32 Å². The number of rotatable bonds is 7. The summed E-state index contributed by atoms with van der Waals surface area (Å²) in [5, 5.41) is 22.4. The lowest BCUT2D eigenvalue weighted by molar-refractivity contribution is -0.142. The van der Waals surface area contributed by atoms with Crippen LogP contribution >= 0.6 is 0 Å². The molecule has 1 rings (SSSR count). The second-order valence-corrected chi connectivity index (χ2v) is 4.64. The lowest BCUT2D eigenvalue weighted by Crippen LogP contribution is -2.40. The van der Waals surface area contributed by atoms with Crippen LogP contribution in [0.2, 0.25) is 0 Å². The van der Waals surface area contributed by atoms with Crippen molar-refractivity contribution < 1.29 is 24.1 Å². The Morgan fingerprint density at radius 1 is 1.35 bits per heavy atom. The molecule has 0 saturated carbocycles. The Balaban J connectivity index is 2.78. The summed E-state index contributed by atoms with van der Waals surface area (Å²) in [6, 6.07) is 4.76. The summed E-state index contributed by atoms with van der Waals surface area (Å²) < 4.78 is 17.4. The summed E-state index contributed by atoms with van der Waals surface area (Å²) in [5.41, 5.74) is 0.485. The number of methoxy groups -OCH3 is 1. The fourth-order valence-electron chi connectivity index (χ4n) is 1.77. The molecule has 5 nitrogen and oxygen atoms in total. The summed E-state index contributed by atoms with van der Waals surface area (Å²) >= 11 is 0. The van der Waals surface area contributed by atoms with Gasteiger partial charge in [-0.2, -0.15) is 0 Å². The van der Waals surface area contributed by atoms with Crippen molar-refractivity contribution in [3.8, 4) is 0 Å². The Bertz CT molecular complexity index is 422. The summed E-state index contributed by atoms with van der Waals surface area (Å²) in [5.74, 6) is -0.878. The average molecular weight is 285 g/mol. The Hall–Kier alpha value is -1.50. The molecule has 0 heterocycles. The van der Waals surface area contributed by atoms with Crippen LogP contribution in [0.4, 0.5) is 4.39 Å². The van der Waals surface area contributed by atoms with Crippen LogP contribution in [0.5, 0.6) is 0 Å². The number of carbonyl (C=O) groups is 1. The highest BCUT2D eigenvalue weighted by molar-refractivity contribution is 5.70. The van der Waals surface area contributed by atoms with E-state index in [0.717, 1.165) is 0 Å². The van der Waals surface area contributed by atoms with Crippen molar-refractivity contribution >= 4 is 5.97 Å². The molecule has 0 aliphatic rings. The number of benzene rings is 1. The fourth-order valence-corrected chi connectivity index (χ4v) is 1.77. The first kappa shape index (κ1) is 16.6. The van der Waals surface area contributed by atoms with Gasteiger partial charge >= 0.3 is 5.97 Å². The monoisotopic (exact) mass is 285 g/mol. The highest BCUT2D eigenvalue weighted by Crippen LogP contribution is 2.19. The maximum Gasteiger partial charge on any atom is 0.307 e. The number of halogens is 1. The van der Waals surface area contributed by atoms with Gasteiger partial charge in [0.2, 0.25) is 0 Å². The zero-order valence-electron chi connectivity index (χ0n) is 11.5. The molecule has 3 unspecified atom stereocenters. The molecule has 112 valence electrons. The van der Waals surface area contributed by atoms with Crippen LogP contribution in [0.25, 0.3) is 0 Å². The van der Waals surface area contributed by atoms with Crippen molar-refractivity contribution in [2.24, 2.45) is 0 Å². The van der Waals surface area contributed by atoms with E-state index >= 15 is 0 Å². The molecule has 0 aliphatic heterocycles. The van der Waals surface area contributed by atoms with Crippen LogP contribution in [0.15, 0.2) is 24.3 Å². The summed E-state index contributed by atoms with van der Waals surface area (Å²) in [6.07, 6.45) is -1.68. The van der Waals surface area contributed by atoms with E-state index in [2.05, 4.69) is 10.1 Å². The molecular weight excluding hydrogens is 265 g/mol. The minimum atomic E-state index is -1.01. The predicted molar refractivity (Wildman–Crippen MR) is 71.5 cm³/mol. The first-order valence-corrected chi connectivity index (χ1v) is 6.35. The van der Waals surface area contributed by atoms with Crippen molar-refractivity contribution in [3.05, 3.63) is 35.6 Å². The third-order valence-corrected chi connectivity index (χ3v) is 2.88. The molecule has 0 amide bonds. The van der Waals surface area contributed by atoms with Crippen molar-refractivity contribution in [2.75, 3.05) is 13.7 Å². The molecule has 1 aromatic carbocycles. The SMILES string of the molecule is COC(=O)CC(NCC(C)O)C(O)c1ccc(F)cc1. The van der Waals surface area contributed by atoms with Gasteiger partial charge in [-0.3, -0.25) is 4.79 Å². The van der Waals surface area contributed by atoms with Gasteiger partial charge < -0.3 is 20.3 Å². The van der Waals surface area contributed by atoms with Crippen molar-refractivity contribution in [2.45, 2.75) is 31.6 Å². The number of nitrogens with one attached hydrogen (secondary N) is 1. The van der Waals surface area contributed by atoms with Gasteiger partial charge in [-0.15, -0.1) is 0 Å². The number of carbonyl (C=O) groups excluding carboxylic acids is 1. The third-order valence-electron chi connectivity index (χ3n) is 2.88. The van der Waals surface area contributed by atoms with E-state index in [1.165, 1.54) is 31.4 Å². The highest BCUT2D eigenvalue weighted by atomic mass is 19.1. The van der Waals surface area contributed by atoms with E-state index in [4.69, 9.17) is 0 Å². The van der Waals surface area contributed by atoms with Crippen LogP contribution in [-0.2, 0) is 9.53 Å². The molecule has 0 fully saturated rings. The van der Waals surface area contributed by atoms with Crippen LogP contribution in [-0.4, -0.2) is 42.0 Å². The van der Waals surface area contributed by atoms with E-state index in [1.807, 2.05) is 0 Å². The van der Waals surface area contributed by atoms with E-state index in [-0.39, 0.29) is 13.0 Å². The van der Waals surface area contributed by atoms with E-state index in [0.29, 0.717) is 5.56 Å². The van der Waals surface area contributed by atoms with Crippen LogP contribution in [0, 0.1) is 5.82 Å². The lowest BCUT2D eigenvalue weighted by Gasteiger charge is -2.24. The zero-order valence-corrected chi connectivity index (χ0v) is 11.5. The molecule has 20 heavy (non-hydrogen) atoms. The zero-order chi connectivity index (χ0) is 15.1. The quantitative estimate of drug-likeness (QED) is 0.645.